The van der Waals surface area contributed by atoms with Crippen LogP contribution in [0.15, 0.2) is 103 Å². The number of nitrogens with zero attached hydrogens (tertiary/aromatic N) is 3. The molecule has 3 N–H and O–H groups in total. The standard InChI is InChI=1S/C31H28F2N4O4/c1-40-23-14-12-22(13-15-23)30(20-8-4-2-5-9-20,21-10-6-3-7-11-21)36-29-25-17-16-24(37(25)35-19-34-29)28-31(32,33)27(39)26(18-38)41-28/h2-17,19,26-28,38-39H,18H2,1H3,(H,34,35,36)/t26-,27-,28+/m1/s1. The lowest BCUT2D eigenvalue weighted by Gasteiger charge is -2.37. The number of rotatable bonds is 8. The third kappa shape index (κ3) is 4.40. The molecule has 1 aliphatic rings. The molecule has 210 valence electrons. The third-order valence-electron chi connectivity index (χ3n) is 7.58. The fourth-order valence-corrected chi connectivity index (χ4v) is 5.51. The molecule has 0 unspecified atom stereocenters. The highest BCUT2D eigenvalue weighted by molar-refractivity contribution is 5.72. The van der Waals surface area contributed by atoms with Gasteiger partial charge in [0.1, 0.15) is 35.3 Å². The van der Waals surface area contributed by atoms with E-state index in [0.717, 1.165) is 16.7 Å². The number of methoxy groups -OCH3 is 1. The molecule has 2 aromatic heterocycles. The second-order valence-electron chi connectivity index (χ2n) is 9.86. The highest BCUT2D eigenvalue weighted by Crippen LogP contribution is 2.46. The Morgan fingerprint density at radius 3 is 2.10 bits per heavy atom. The van der Waals surface area contributed by atoms with E-state index in [2.05, 4.69) is 15.4 Å². The van der Waals surface area contributed by atoms with Gasteiger partial charge < -0.3 is 25.0 Å². The van der Waals surface area contributed by atoms with Crippen LogP contribution in [-0.2, 0) is 10.3 Å². The minimum Gasteiger partial charge on any atom is -0.497 e. The first-order valence-corrected chi connectivity index (χ1v) is 13.1. The van der Waals surface area contributed by atoms with Crippen molar-refractivity contribution in [1.82, 2.24) is 14.6 Å². The van der Waals surface area contributed by atoms with Crippen LogP contribution in [0.3, 0.4) is 0 Å². The van der Waals surface area contributed by atoms with Crippen molar-refractivity contribution < 1.29 is 28.5 Å². The second-order valence-corrected chi connectivity index (χ2v) is 9.86. The molecule has 0 radical (unpaired) electrons. The molecule has 1 saturated heterocycles. The van der Waals surface area contributed by atoms with Crippen LogP contribution in [0.25, 0.3) is 5.52 Å². The molecule has 3 atom stereocenters. The van der Waals surface area contributed by atoms with Crippen LogP contribution in [0.2, 0.25) is 0 Å². The highest BCUT2D eigenvalue weighted by atomic mass is 19.3. The number of ether oxygens (including phenoxy) is 2. The van der Waals surface area contributed by atoms with Crippen molar-refractivity contribution in [3.05, 3.63) is 126 Å². The molecule has 6 rings (SSSR count). The summed E-state index contributed by atoms with van der Waals surface area (Å²) in [5, 5.41) is 27.4. The van der Waals surface area contributed by atoms with Crippen LogP contribution >= 0.6 is 0 Å². The summed E-state index contributed by atoms with van der Waals surface area (Å²) in [7, 11) is 1.61. The molecule has 0 spiro atoms. The van der Waals surface area contributed by atoms with E-state index in [-0.39, 0.29) is 5.69 Å². The van der Waals surface area contributed by atoms with Crippen LogP contribution in [0.1, 0.15) is 28.5 Å². The molecule has 3 aromatic carbocycles. The minimum atomic E-state index is -3.64. The first-order valence-electron chi connectivity index (χ1n) is 13.1. The van der Waals surface area contributed by atoms with Gasteiger partial charge in [-0.2, -0.15) is 5.10 Å². The Kier molecular flexibility index (Phi) is 6.90. The largest absolute Gasteiger partial charge is 0.497 e. The zero-order chi connectivity index (χ0) is 28.6. The van der Waals surface area contributed by atoms with Gasteiger partial charge in [0.15, 0.2) is 11.9 Å². The fraction of sp³-hybridized carbons (Fsp3) is 0.226. The van der Waals surface area contributed by atoms with Gasteiger partial charge in [0.2, 0.25) is 0 Å². The molecular formula is C31H28F2N4O4. The lowest BCUT2D eigenvalue weighted by molar-refractivity contribution is -0.115. The van der Waals surface area contributed by atoms with E-state index in [9.17, 15) is 10.2 Å². The molecule has 1 aliphatic heterocycles. The number of aliphatic hydroxyl groups is 2. The van der Waals surface area contributed by atoms with E-state index < -0.39 is 36.4 Å². The summed E-state index contributed by atoms with van der Waals surface area (Å²) in [6.45, 7) is -0.739. The second kappa shape index (κ2) is 10.5. The quantitative estimate of drug-likeness (QED) is 0.240. The van der Waals surface area contributed by atoms with Gasteiger partial charge in [0, 0.05) is 0 Å². The smallest absolute Gasteiger partial charge is 0.307 e. The lowest BCUT2D eigenvalue weighted by atomic mass is 9.77. The molecule has 5 aromatic rings. The van der Waals surface area contributed by atoms with E-state index in [1.54, 1.807) is 13.2 Å². The number of hydrogen-bond acceptors (Lipinski definition) is 7. The van der Waals surface area contributed by atoms with E-state index >= 15 is 8.78 Å². The van der Waals surface area contributed by atoms with Crippen molar-refractivity contribution in [2.24, 2.45) is 0 Å². The van der Waals surface area contributed by atoms with E-state index in [4.69, 9.17) is 9.47 Å². The highest BCUT2D eigenvalue weighted by Gasteiger charge is 2.59. The number of hydrogen-bond donors (Lipinski definition) is 3. The normalized spacial score (nSPS) is 20.3. The maximum absolute atomic E-state index is 15.1. The first kappa shape index (κ1) is 26.8. The molecule has 10 heteroatoms. The maximum atomic E-state index is 15.1. The molecule has 3 heterocycles. The zero-order valence-corrected chi connectivity index (χ0v) is 22.1. The molecule has 1 fully saturated rings. The molecule has 41 heavy (non-hydrogen) atoms. The number of aromatic nitrogens is 3. The van der Waals surface area contributed by atoms with Crippen LogP contribution in [0.5, 0.6) is 5.75 Å². The van der Waals surface area contributed by atoms with Crippen molar-refractivity contribution in [3.8, 4) is 5.75 Å². The Labute approximate surface area is 234 Å². The van der Waals surface area contributed by atoms with Crippen molar-refractivity contribution >= 4 is 11.3 Å². The van der Waals surface area contributed by atoms with Crippen molar-refractivity contribution in [2.45, 2.75) is 29.8 Å². The van der Waals surface area contributed by atoms with Crippen LogP contribution in [-0.4, -0.2) is 56.7 Å². The van der Waals surface area contributed by atoms with Gasteiger partial charge in [-0.05, 0) is 41.0 Å². The van der Waals surface area contributed by atoms with Crippen LogP contribution in [0, 0.1) is 0 Å². The first-order chi connectivity index (χ1) is 19.9. The van der Waals surface area contributed by atoms with Gasteiger partial charge in [-0.15, -0.1) is 0 Å². The monoisotopic (exact) mass is 558 g/mol. The van der Waals surface area contributed by atoms with Crippen LogP contribution in [0.4, 0.5) is 14.6 Å². The molecular weight excluding hydrogens is 530 g/mol. The Bertz CT molecular complexity index is 1590. The number of halogens is 2. The predicted molar refractivity (Wildman–Crippen MR) is 148 cm³/mol. The summed E-state index contributed by atoms with van der Waals surface area (Å²) in [5.41, 5.74) is 2.21. The lowest BCUT2D eigenvalue weighted by Crippen LogP contribution is -2.39. The number of aliphatic hydroxyl groups excluding tert-OH is 2. The predicted octanol–water partition coefficient (Wildman–Crippen LogP) is 4.57. The van der Waals surface area contributed by atoms with Crippen molar-refractivity contribution in [1.29, 1.82) is 0 Å². The maximum Gasteiger partial charge on any atom is 0.307 e. The van der Waals surface area contributed by atoms with Gasteiger partial charge >= 0.3 is 5.92 Å². The number of alkyl halides is 2. The van der Waals surface area contributed by atoms with Crippen LogP contribution < -0.4 is 10.1 Å². The summed E-state index contributed by atoms with van der Waals surface area (Å²) in [5.74, 6) is -2.55. The molecule has 0 bridgehead atoms. The van der Waals surface area contributed by atoms with Gasteiger partial charge in [0.05, 0.1) is 19.4 Å². The SMILES string of the molecule is COc1ccc(C(Nc2ncnn3c([C@@H]4O[C@H](CO)[C@@H](O)C4(F)F)ccc23)(c2ccccc2)c2ccccc2)cc1. The number of nitrogens with one attached hydrogen (secondary N) is 1. The Morgan fingerprint density at radius 2 is 1.54 bits per heavy atom. The van der Waals surface area contributed by atoms with E-state index in [1.807, 2.05) is 84.9 Å². The fourth-order valence-electron chi connectivity index (χ4n) is 5.51. The van der Waals surface area contributed by atoms with Crippen molar-refractivity contribution in [2.75, 3.05) is 19.0 Å². The molecule has 0 aliphatic carbocycles. The van der Waals surface area contributed by atoms with Gasteiger partial charge in [0.25, 0.3) is 0 Å². The zero-order valence-electron chi connectivity index (χ0n) is 22.1. The Morgan fingerprint density at radius 1 is 0.927 bits per heavy atom. The molecule has 0 amide bonds. The Hall–Kier alpha value is -4.38. The average molecular weight is 559 g/mol. The number of fused-ring (bicyclic) bond motifs is 1. The van der Waals surface area contributed by atoms with Gasteiger partial charge in [-0.3, -0.25) is 0 Å². The summed E-state index contributed by atoms with van der Waals surface area (Å²) in [6.07, 6.45) is -4.10. The Balaban J connectivity index is 1.53. The summed E-state index contributed by atoms with van der Waals surface area (Å²) in [6, 6.07) is 30.5. The van der Waals surface area contributed by atoms with E-state index in [1.165, 1.54) is 16.9 Å². The van der Waals surface area contributed by atoms with Gasteiger partial charge in [-0.25, -0.2) is 18.3 Å². The topological polar surface area (TPSA) is 101 Å². The summed E-state index contributed by atoms with van der Waals surface area (Å²) in [4.78, 5) is 4.54. The number of benzene rings is 3. The third-order valence-corrected chi connectivity index (χ3v) is 7.58. The summed E-state index contributed by atoms with van der Waals surface area (Å²) >= 11 is 0. The van der Waals surface area contributed by atoms with Gasteiger partial charge in [-0.1, -0.05) is 72.8 Å². The molecule has 0 saturated carbocycles. The van der Waals surface area contributed by atoms with Crippen molar-refractivity contribution in [3.63, 3.8) is 0 Å². The molecule has 8 nitrogen and oxygen atoms in total. The summed E-state index contributed by atoms with van der Waals surface area (Å²) < 4.78 is 42.3. The number of anilines is 1. The average Bonchev–Trinajstić information content (AvgIpc) is 3.54. The minimum absolute atomic E-state index is 0.0277. The van der Waals surface area contributed by atoms with E-state index in [0.29, 0.717) is 17.1 Å².